The molecule has 0 atom stereocenters. The zero-order valence-corrected chi connectivity index (χ0v) is 11.7. The number of rotatable bonds is 5. The molecule has 0 saturated heterocycles. The third kappa shape index (κ3) is 8.88. The fraction of sp³-hybridized carbons (Fsp3) is 1.00. The molecule has 92 valence electrons. The molecule has 4 heteroatoms. The summed E-state index contributed by atoms with van der Waals surface area (Å²) < 4.78 is 22.2. The third-order valence-corrected chi connectivity index (χ3v) is 3.08. The van der Waals surface area contributed by atoms with E-state index in [9.17, 15) is 8.42 Å². The lowest BCUT2D eigenvalue weighted by atomic mass is 9.95. The molecule has 0 fully saturated rings. The van der Waals surface area contributed by atoms with Crippen LogP contribution in [-0.2, 0) is 9.84 Å². The molecule has 0 unspecified atom stereocenters. The molecule has 0 aliphatic rings. The van der Waals surface area contributed by atoms with Crippen LogP contribution in [0.5, 0.6) is 0 Å². The molecule has 0 N–H and O–H groups in total. The molecule has 0 saturated carbocycles. The SMILES string of the molecule is CC(C)N(CCS(C)(=O)=O)CC(C)(C)C. The predicted octanol–water partition coefficient (Wildman–Crippen LogP) is 1.79. The number of hydrogen-bond donors (Lipinski definition) is 0. The first kappa shape index (κ1) is 14.9. The maximum atomic E-state index is 11.1. The largest absolute Gasteiger partial charge is 0.299 e. The van der Waals surface area contributed by atoms with Crippen molar-refractivity contribution in [1.29, 1.82) is 0 Å². The second kappa shape index (κ2) is 5.30. The first-order valence-electron chi connectivity index (χ1n) is 5.43. The molecule has 0 aromatic rings. The highest BCUT2D eigenvalue weighted by atomic mass is 32.2. The van der Waals surface area contributed by atoms with Gasteiger partial charge in [0.1, 0.15) is 9.84 Å². The lowest BCUT2D eigenvalue weighted by Gasteiger charge is -2.32. The van der Waals surface area contributed by atoms with Gasteiger partial charge in [-0.25, -0.2) is 8.42 Å². The van der Waals surface area contributed by atoms with Gasteiger partial charge in [-0.05, 0) is 19.3 Å². The lowest BCUT2D eigenvalue weighted by Crippen LogP contribution is -2.40. The maximum Gasteiger partial charge on any atom is 0.148 e. The molecule has 0 bridgehead atoms. The van der Waals surface area contributed by atoms with E-state index >= 15 is 0 Å². The molecule has 0 rings (SSSR count). The summed E-state index contributed by atoms with van der Waals surface area (Å²) in [5.41, 5.74) is 0.210. The van der Waals surface area contributed by atoms with Gasteiger partial charge in [-0.2, -0.15) is 0 Å². The summed E-state index contributed by atoms with van der Waals surface area (Å²) in [6.45, 7) is 12.3. The Bertz CT molecular complexity index is 275. The Morgan fingerprint density at radius 3 is 1.93 bits per heavy atom. The summed E-state index contributed by atoms with van der Waals surface area (Å²) in [4.78, 5) is 2.22. The predicted molar refractivity (Wildman–Crippen MR) is 65.9 cm³/mol. The first-order chi connectivity index (χ1) is 6.51. The highest BCUT2D eigenvalue weighted by molar-refractivity contribution is 7.90. The molecular formula is C11H25NO2S. The van der Waals surface area contributed by atoms with Crippen LogP contribution >= 0.6 is 0 Å². The van der Waals surface area contributed by atoms with E-state index in [0.717, 1.165) is 6.54 Å². The van der Waals surface area contributed by atoms with Crippen LogP contribution in [0.15, 0.2) is 0 Å². The fourth-order valence-electron chi connectivity index (χ4n) is 1.41. The van der Waals surface area contributed by atoms with Crippen molar-refractivity contribution < 1.29 is 8.42 Å². The summed E-state index contributed by atoms with van der Waals surface area (Å²) in [6, 6.07) is 0.394. The molecule has 0 aromatic carbocycles. The van der Waals surface area contributed by atoms with E-state index in [4.69, 9.17) is 0 Å². The molecule has 0 aliphatic carbocycles. The van der Waals surface area contributed by atoms with Gasteiger partial charge >= 0.3 is 0 Å². The van der Waals surface area contributed by atoms with Crippen molar-refractivity contribution in [2.75, 3.05) is 25.1 Å². The van der Waals surface area contributed by atoms with Crippen molar-refractivity contribution in [3.8, 4) is 0 Å². The summed E-state index contributed by atoms with van der Waals surface area (Å²) in [6.07, 6.45) is 1.29. The van der Waals surface area contributed by atoms with E-state index in [1.165, 1.54) is 6.26 Å². The van der Waals surface area contributed by atoms with Crippen LogP contribution in [0.4, 0.5) is 0 Å². The minimum atomic E-state index is -2.85. The van der Waals surface area contributed by atoms with E-state index in [0.29, 0.717) is 12.6 Å². The third-order valence-electron chi connectivity index (χ3n) is 2.16. The van der Waals surface area contributed by atoms with Gasteiger partial charge in [0, 0.05) is 25.4 Å². The van der Waals surface area contributed by atoms with Crippen LogP contribution in [0, 0.1) is 5.41 Å². The first-order valence-corrected chi connectivity index (χ1v) is 7.49. The van der Waals surface area contributed by atoms with E-state index < -0.39 is 9.84 Å². The second-order valence-corrected chi connectivity index (χ2v) is 8.01. The highest BCUT2D eigenvalue weighted by Gasteiger charge is 2.19. The van der Waals surface area contributed by atoms with Crippen molar-refractivity contribution in [1.82, 2.24) is 4.90 Å². The fourth-order valence-corrected chi connectivity index (χ4v) is 1.98. The smallest absolute Gasteiger partial charge is 0.148 e. The van der Waals surface area contributed by atoms with E-state index in [1.54, 1.807) is 0 Å². The minimum absolute atomic E-state index is 0.210. The topological polar surface area (TPSA) is 37.4 Å². The monoisotopic (exact) mass is 235 g/mol. The Morgan fingerprint density at radius 2 is 1.67 bits per heavy atom. The van der Waals surface area contributed by atoms with Gasteiger partial charge < -0.3 is 0 Å². The van der Waals surface area contributed by atoms with Crippen LogP contribution < -0.4 is 0 Å². The molecule has 3 nitrogen and oxygen atoms in total. The molecular weight excluding hydrogens is 210 g/mol. The quantitative estimate of drug-likeness (QED) is 0.729. The standard InChI is InChI=1S/C11H25NO2S/c1-10(2)12(9-11(3,4)5)7-8-15(6,13)14/h10H,7-9H2,1-6H3. The number of hydrogen-bond acceptors (Lipinski definition) is 3. The van der Waals surface area contributed by atoms with Crippen molar-refractivity contribution in [2.45, 2.75) is 40.7 Å². The summed E-state index contributed by atoms with van der Waals surface area (Å²) in [5, 5.41) is 0. The van der Waals surface area contributed by atoms with Crippen LogP contribution in [-0.4, -0.2) is 44.5 Å². The Balaban J connectivity index is 4.31. The molecule has 0 spiro atoms. The molecule has 15 heavy (non-hydrogen) atoms. The van der Waals surface area contributed by atoms with Gasteiger partial charge in [-0.15, -0.1) is 0 Å². The van der Waals surface area contributed by atoms with Gasteiger partial charge in [0.15, 0.2) is 0 Å². The van der Waals surface area contributed by atoms with E-state index in [1.807, 2.05) is 0 Å². The Kier molecular flexibility index (Phi) is 5.27. The maximum absolute atomic E-state index is 11.1. The van der Waals surface area contributed by atoms with Crippen molar-refractivity contribution >= 4 is 9.84 Å². The van der Waals surface area contributed by atoms with Gasteiger partial charge in [-0.3, -0.25) is 4.90 Å². The van der Waals surface area contributed by atoms with E-state index in [2.05, 4.69) is 39.5 Å². The van der Waals surface area contributed by atoms with Gasteiger partial charge in [0.2, 0.25) is 0 Å². The van der Waals surface area contributed by atoms with Crippen molar-refractivity contribution in [3.63, 3.8) is 0 Å². The molecule has 0 amide bonds. The van der Waals surface area contributed by atoms with Gasteiger partial charge in [0.05, 0.1) is 5.75 Å². The lowest BCUT2D eigenvalue weighted by molar-refractivity contribution is 0.164. The number of sulfone groups is 1. The summed E-state index contributed by atoms with van der Waals surface area (Å²) in [5.74, 6) is 0.251. The molecule has 0 aliphatic heterocycles. The summed E-state index contributed by atoms with van der Waals surface area (Å²) >= 11 is 0. The molecule has 0 aromatic heterocycles. The van der Waals surface area contributed by atoms with Crippen LogP contribution in [0.25, 0.3) is 0 Å². The normalized spacial score (nSPS) is 13.9. The van der Waals surface area contributed by atoms with Crippen LogP contribution in [0.1, 0.15) is 34.6 Å². The van der Waals surface area contributed by atoms with Crippen LogP contribution in [0.3, 0.4) is 0 Å². The minimum Gasteiger partial charge on any atom is -0.299 e. The van der Waals surface area contributed by atoms with Gasteiger partial charge in [-0.1, -0.05) is 20.8 Å². The molecule has 0 heterocycles. The van der Waals surface area contributed by atoms with Crippen molar-refractivity contribution in [2.24, 2.45) is 5.41 Å². The van der Waals surface area contributed by atoms with E-state index in [-0.39, 0.29) is 11.2 Å². The molecule has 0 radical (unpaired) electrons. The number of nitrogens with zero attached hydrogens (tertiary/aromatic N) is 1. The zero-order chi connectivity index (χ0) is 12.3. The zero-order valence-electron chi connectivity index (χ0n) is 10.9. The van der Waals surface area contributed by atoms with Crippen molar-refractivity contribution in [3.05, 3.63) is 0 Å². The average molecular weight is 235 g/mol. The second-order valence-electron chi connectivity index (χ2n) is 5.75. The summed E-state index contributed by atoms with van der Waals surface area (Å²) in [7, 11) is -2.85. The van der Waals surface area contributed by atoms with Gasteiger partial charge in [0.25, 0.3) is 0 Å². The Hall–Kier alpha value is -0.0900. The Morgan fingerprint density at radius 1 is 1.20 bits per heavy atom. The average Bonchev–Trinajstić information content (AvgIpc) is 1.93. The Labute approximate surface area is 94.8 Å². The van der Waals surface area contributed by atoms with Crippen LogP contribution in [0.2, 0.25) is 0 Å². The highest BCUT2D eigenvalue weighted by Crippen LogP contribution is 2.16.